The molecular formula is C31H38N4O3. The minimum absolute atomic E-state index is 0.0658. The lowest BCUT2D eigenvalue weighted by Gasteiger charge is -2.41. The third kappa shape index (κ3) is 4.12. The standard InChI is InChI=1S/C31H38N4O3/c1-5-38-27-17-23-24(18-26(27)35-10-8-21(9-11-35)34-12-14-37-15-13-34)31(2,3)30-28(29(23)36)22-7-6-20(19-32-4)16-25(22)33-30/h6-7,16-19,21,33H,5,8-15H2,1-4H3/b32-19-. The van der Waals surface area contributed by atoms with Gasteiger partial charge in [-0.05, 0) is 49.1 Å². The molecular weight excluding hydrogens is 476 g/mol. The Bertz CT molecular complexity index is 1390. The van der Waals surface area contributed by atoms with Crippen molar-refractivity contribution in [2.45, 2.75) is 45.1 Å². The average Bonchev–Trinajstić information content (AvgIpc) is 3.33. The third-order valence-electron chi connectivity index (χ3n) is 8.64. The van der Waals surface area contributed by atoms with Gasteiger partial charge >= 0.3 is 0 Å². The zero-order valence-electron chi connectivity index (χ0n) is 23.0. The van der Waals surface area contributed by atoms with Gasteiger partial charge in [0.15, 0.2) is 5.78 Å². The number of piperidine rings is 1. The second-order valence-electron chi connectivity index (χ2n) is 11.2. The van der Waals surface area contributed by atoms with Gasteiger partial charge in [0.05, 0.1) is 31.1 Å². The number of ketones is 1. The smallest absolute Gasteiger partial charge is 0.195 e. The van der Waals surface area contributed by atoms with Crippen LogP contribution in [0, 0.1) is 0 Å². The van der Waals surface area contributed by atoms with Crippen molar-refractivity contribution in [2.24, 2.45) is 4.99 Å². The molecule has 1 aromatic heterocycles. The van der Waals surface area contributed by atoms with Crippen LogP contribution in [0.2, 0.25) is 0 Å². The number of fused-ring (bicyclic) bond motifs is 4. The topological polar surface area (TPSA) is 70.2 Å². The van der Waals surface area contributed by atoms with Crippen LogP contribution in [0.4, 0.5) is 5.69 Å². The number of rotatable bonds is 5. The Morgan fingerprint density at radius 2 is 1.89 bits per heavy atom. The van der Waals surface area contributed by atoms with Gasteiger partial charge in [0.1, 0.15) is 5.75 Å². The maximum atomic E-state index is 14.0. The van der Waals surface area contributed by atoms with Crippen molar-refractivity contribution in [1.29, 1.82) is 0 Å². The molecule has 38 heavy (non-hydrogen) atoms. The molecule has 0 radical (unpaired) electrons. The molecule has 0 unspecified atom stereocenters. The van der Waals surface area contributed by atoms with Crippen LogP contribution in [-0.2, 0) is 10.2 Å². The maximum Gasteiger partial charge on any atom is 0.195 e. The summed E-state index contributed by atoms with van der Waals surface area (Å²) in [5.74, 6) is 0.876. The van der Waals surface area contributed by atoms with E-state index in [1.807, 2.05) is 31.3 Å². The minimum atomic E-state index is -0.359. The Morgan fingerprint density at radius 1 is 1.13 bits per heavy atom. The molecule has 3 aliphatic rings. The van der Waals surface area contributed by atoms with Crippen molar-refractivity contribution < 1.29 is 14.3 Å². The SMILES string of the molecule is CCOc1cc2c(cc1N1CCC(N3CCOCC3)CC1)C(C)(C)c1[nH]c3cc(/C=N\C)ccc3c1C2=O. The van der Waals surface area contributed by atoms with E-state index in [9.17, 15) is 4.79 Å². The molecule has 1 N–H and O–H groups in total. The predicted molar refractivity (Wildman–Crippen MR) is 153 cm³/mol. The Morgan fingerprint density at radius 3 is 2.61 bits per heavy atom. The molecule has 2 aromatic carbocycles. The van der Waals surface area contributed by atoms with E-state index in [1.165, 1.54) is 0 Å². The first kappa shape index (κ1) is 25.1. The number of anilines is 1. The van der Waals surface area contributed by atoms with E-state index in [2.05, 4.69) is 45.8 Å². The van der Waals surface area contributed by atoms with Crippen molar-refractivity contribution in [3.63, 3.8) is 0 Å². The fourth-order valence-electron chi connectivity index (χ4n) is 6.62. The summed E-state index contributed by atoms with van der Waals surface area (Å²) in [4.78, 5) is 26.8. The molecule has 2 saturated heterocycles. The molecule has 200 valence electrons. The Balaban J connectivity index is 1.37. The number of aromatic amines is 1. The van der Waals surface area contributed by atoms with Gasteiger partial charge < -0.3 is 19.4 Å². The van der Waals surface area contributed by atoms with E-state index in [4.69, 9.17) is 9.47 Å². The molecule has 3 heterocycles. The van der Waals surface area contributed by atoms with Crippen molar-refractivity contribution >= 4 is 28.6 Å². The number of aliphatic imine (C=N–C) groups is 1. The highest BCUT2D eigenvalue weighted by Gasteiger charge is 2.41. The van der Waals surface area contributed by atoms with E-state index in [0.717, 1.165) is 103 Å². The normalized spacial score (nSPS) is 20.2. The molecule has 0 saturated carbocycles. The van der Waals surface area contributed by atoms with Gasteiger partial charge in [0, 0.05) is 73.1 Å². The molecule has 7 nitrogen and oxygen atoms in total. The number of H-pyrrole nitrogens is 1. The van der Waals surface area contributed by atoms with E-state index in [0.29, 0.717) is 12.6 Å². The van der Waals surface area contributed by atoms with Gasteiger partial charge in [0.25, 0.3) is 0 Å². The fourth-order valence-corrected chi connectivity index (χ4v) is 6.62. The number of carbonyl (C=O) groups excluding carboxylic acids is 1. The molecule has 2 fully saturated rings. The third-order valence-corrected chi connectivity index (χ3v) is 8.64. The first-order valence-electron chi connectivity index (χ1n) is 13.9. The summed E-state index contributed by atoms with van der Waals surface area (Å²) in [7, 11) is 1.77. The van der Waals surface area contributed by atoms with Crippen LogP contribution < -0.4 is 9.64 Å². The number of hydrogen-bond donors (Lipinski definition) is 1. The predicted octanol–water partition coefficient (Wildman–Crippen LogP) is 4.79. The van der Waals surface area contributed by atoms with Gasteiger partial charge in [-0.25, -0.2) is 0 Å². The van der Waals surface area contributed by atoms with Crippen LogP contribution in [0.5, 0.6) is 5.75 Å². The quantitative estimate of drug-likeness (QED) is 0.496. The summed E-state index contributed by atoms with van der Waals surface area (Å²) < 4.78 is 11.7. The second kappa shape index (κ2) is 9.86. The van der Waals surface area contributed by atoms with Gasteiger partial charge in [-0.15, -0.1) is 0 Å². The van der Waals surface area contributed by atoms with Crippen LogP contribution in [0.15, 0.2) is 35.3 Å². The maximum absolute atomic E-state index is 14.0. The van der Waals surface area contributed by atoms with Crippen molar-refractivity contribution in [3.8, 4) is 5.75 Å². The molecule has 3 aromatic rings. The Kier molecular flexibility index (Phi) is 6.52. The first-order chi connectivity index (χ1) is 18.4. The molecule has 0 spiro atoms. The molecule has 0 amide bonds. The number of carbonyl (C=O) groups is 1. The van der Waals surface area contributed by atoms with Gasteiger partial charge in [-0.1, -0.05) is 26.0 Å². The second-order valence-corrected chi connectivity index (χ2v) is 11.2. The van der Waals surface area contributed by atoms with Gasteiger partial charge in [-0.2, -0.15) is 0 Å². The van der Waals surface area contributed by atoms with E-state index < -0.39 is 0 Å². The van der Waals surface area contributed by atoms with Gasteiger partial charge in [0.2, 0.25) is 0 Å². The van der Waals surface area contributed by atoms with E-state index in [1.54, 1.807) is 7.05 Å². The Labute approximate surface area is 224 Å². The molecule has 0 bridgehead atoms. The Hall–Kier alpha value is -3.16. The molecule has 7 heteroatoms. The lowest BCUT2D eigenvalue weighted by atomic mass is 9.71. The summed E-state index contributed by atoms with van der Waals surface area (Å²) >= 11 is 0. The number of morpholine rings is 1. The number of benzene rings is 2. The summed E-state index contributed by atoms with van der Waals surface area (Å²) in [5, 5.41) is 0.962. The largest absolute Gasteiger partial charge is 0.492 e. The molecule has 1 aliphatic carbocycles. The number of aromatic nitrogens is 1. The lowest BCUT2D eigenvalue weighted by molar-refractivity contribution is 0.0115. The monoisotopic (exact) mass is 514 g/mol. The number of nitrogens with zero attached hydrogens (tertiary/aromatic N) is 3. The van der Waals surface area contributed by atoms with Crippen LogP contribution >= 0.6 is 0 Å². The summed E-state index contributed by atoms with van der Waals surface area (Å²) in [5.41, 5.74) is 6.30. The zero-order valence-corrected chi connectivity index (χ0v) is 23.0. The van der Waals surface area contributed by atoms with Crippen LogP contribution in [0.25, 0.3) is 10.9 Å². The zero-order chi connectivity index (χ0) is 26.4. The first-order valence-corrected chi connectivity index (χ1v) is 13.9. The van der Waals surface area contributed by atoms with Gasteiger partial charge in [-0.3, -0.25) is 14.7 Å². The van der Waals surface area contributed by atoms with Crippen LogP contribution in [0.1, 0.15) is 66.4 Å². The summed E-state index contributed by atoms with van der Waals surface area (Å²) in [6.07, 6.45) is 4.09. The highest BCUT2D eigenvalue weighted by Crippen LogP contribution is 2.47. The number of hydrogen-bond acceptors (Lipinski definition) is 6. The van der Waals surface area contributed by atoms with E-state index in [-0.39, 0.29) is 11.2 Å². The summed E-state index contributed by atoms with van der Waals surface area (Å²) in [6.45, 7) is 12.7. The molecule has 6 rings (SSSR count). The fraction of sp³-hybridized carbons (Fsp3) is 0.484. The lowest BCUT2D eigenvalue weighted by Crippen LogP contribution is -2.49. The van der Waals surface area contributed by atoms with Crippen LogP contribution in [-0.4, -0.2) is 81.0 Å². The average molecular weight is 515 g/mol. The summed E-state index contributed by atoms with van der Waals surface area (Å²) in [6, 6.07) is 11.0. The van der Waals surface area contributed by atoms with Crippen molar-refractivity contribution in [1.82, 2.24) is 9.88 Å². The number of nitrogens with one attached hydrogen (secondary N) is 1. The number of ether oxygens (including phenoxy) is 2. The van der Waals surface area contributed by atoms with E-state index >= 15 is 0 Å². The molecule has 2 aliphatic heterocycles. The van der Waals surface area contributed by atoms with Crippen LogP contribution in [0.3, 0.4) is 0 Å². The molecule has 0 atom stereocenters. The highest BCUT2D eigenvalue weighted by atomic mass is 16.5. The highest BCUT2D eigenvalue weighted by molar-refractivity contribution is 6.20. The van der Waals surface area contributed by atoms with Crippen molar-refractivity contribution in [2.75, 3.05) is 57.9 Å². The van der Waals surface area contributed by atoms with Crippen molar-refractivity contribution in [3.05, 3.63) is 58.3 Å². The minimum Gasteiger partial charge on any atom is -0.492 e.